The largest absolute Gasteiger partial charge is 0.299 e. The first-order valence-electron chi connectivity index (χ1n) is 8.31. The number of nitrogens with zero attached hydrogens (tertiary/aromatic N) is 1. The lowest BCUT2D eigenvalue weighted by atomic mass is 10.0. The predicted molar refractivity (Wildman–Crippen MR) is 98.2 cm³/mol. The molecule has 2 aromatic rings. The highest BCUT2D eigenvalue weighted by Crippen LogP contribution is 2.25. The van der Waals surface area contributed by atoms with Gasteiger partial charge in [-0.05, 0) is 49.6 Å². The molecule has 0 bridgehead atoms. The van der Waals surface area contributed by atoms with Crippen molar-refractivity contribution in [3.63, 3.8) is 0 Å². The number of hydrogen-bond donors (Lipinski definition) is 0. The van der Waals surface area contributed by atoms with Gasteiger partial charge >= 0.3 is 0 Å². The maximum absolute atomic E-state index is 12.5. The second-order valence-corrected chi connectivity index (χ2v) is 8.78. The van der Waals surface area contributed by atoms with Gasteiger partial charge in [-0.2, -0.15) is 0 Å². The molecule has 1 heterocycles. The maximum atomic E-state index is 12.5. The van der Waals surface area contributed by atoms with E-state index in [-0.39, 0.29) is 5.75 Å². The van der Waals surface area contributed by atoms with E-state index in [0.29, 0.717) is 17.5 Å². The second kappa shape index (κ2) is 7.68. The van der Waals surface area contributed by atoms with E-state index in [0.717, 1.165) is 36.4 Å². The third kappa shape index (κ3) is 4.18. The van der Waals surface area contributed by atoms with E-state index in [2.05, 4.69) is 11.0 Å². The average Bonchev–Trinajstić information content (AvgIpc) is 3.03. The summed E-state index contributed by atoms with van der Waals surface area (Å²) < 4.78 is 24.9. The summed E-state index contributed by atoms with van der Waals surface area (Å²) in [5.41, 5.74) is 1.14. The molecule has 24 heavy (non-hydrogen) atoms. The van der Waals surface area contributed by atoms with Crippen molar-refractivity contribution in [2.45, 2.75) is 30.2 Å². The molecule has 3 nitrogen and oxygen atoms in total. The zero-order valence-electron chi connectivity index (χ0n) is 13.6. The van der Waals surface area contributed by atoms with Crippen molar-refractivity contribution >= 4 is 21.4 Å². The summed E-state index contributed by atoms with van der Waals surface area (Å²) in [4.78, 5) is 2.70. The summed E-state index contributed by atoms with van der Waals surface area (Å²) in [7, 11) is -3.22. The van der Waals surface area contributed by atoms with Crippen LogP contribution in [0, 0.1) is 0 Å². The molecule has 1 saturated heterocycles. The SMILES string of the molecule is O=S(=O)(CCN1CCC[C@@H]1Cc1ccccc1Cl)c1ccccc1. The molecule has 2 aromatic carbocycles. The minimum absolute atomic E-state index is 0.163. The minimum atomic E-state index is -3.22. The molecule has 0 amide bonds. The van der Waals surface area contributed by atoms with Crippen LogP contribution >= 0.6 is 11.6 Å². The van der Waals surface area contributed by atoms with Gasteiger partial charge in [-0.25, -0.2) is 8.42 Å². The molecule has 0 aromatic heterocycles. The highest BCUT2D eigenvalue weighted by atomic mass is 35.5. The van der Waals surface area contributed by atoms with Crippen LogP contribution in [0.5, 0.6) is 0 Å². The van der Waals surface area contributed by atoms with E-state index in [1.54, 1.807) is 24.3 Å². The zero-order valence-corrected chi connectivity index (χ0v) is 15.1. The van der Waals surface area contributed by atoms with Crippen LogP contribution in [-0.4, -0.2) is 38.2 Å². The third-order valence-electron chi connectivity index (χ3n) is 4.66. The summed E-state index contributed by atoms with van der Waals surface area (Å²) >= 11 is 6.27. The van der Waals surface area contributed by atoms with E-state index >= 15 is 0 Å². The van der Waals surface area contributed by atoms with Gasteiger partial charge in [0.1, 0.15) is 0 Å². The molecule has 1 aliphatic rings. The van der Waals surface area contributed by atoms with Crippen molar-refractivity contribution in [2.75, 3.05) is 18.8 Å². The molecule has 0 spiro atoms. The Morgan fingerprint density at radius 2 is 1.75 bits per heavy atom. The first-order valence-corrected chi connectivity index (χ1v) is 10.3. The molecule has 0 radical (unpaired) electrons. The van der Waals surface area contributed by atoms with Crippen LogP contribution in [0.25, 0.3) is 0 Å². The summed E-state index contributed by atoms with van der Waals surface area (Å²) in [6.07, 6.45) is 3.09. The maximum Gasteiger partial charge on any atom is 0.179 e. The number of sulfone groups is 1. The van der Waals surface area contributed by atoms with Gasteiger partial charge in [0.05, 0.1) is 10.6 Å². The van der Waals surface area contributed by atoms with Crippen molar-refractivity contribution < 1.29 is 8.42 Å². The molecule has 0 saturated carbocycles. The van der Waals surface area contributed by atoms with Gasteiger partial charge in [0.2, 0.25) is 0 Å². The minimum Gasteiger partial charge on any atom is -0.299 e. The first-order chi connectivity index (χ1) is 11.6. The van der Waals surface area contributed by atoms with E-state index in [4.69, 9.17) is 11.6 Å². The average molecular weight is 364 g/mol. The van der Waals surface area contributed by atoms with Crippen LogP contribution in [0.15, 0.2) is 59.5 Å². The van der Waals surface area contributed by atoms with Crippen LogP contribution in [0.4, 0.5) is 0 Å². The van der Waals surface area contributed by atoms with Crippen molar-refractivity contribution in [3.05, 3.63) is 65.2 Å². The van der Waals surface area contributed by atoms with Crippen molar-refractivity contribution in [1.29, 1.82) is 0 Å². The number of benzene rings is 2. The third-order valence-corrected chi connectivity index (χ3v) is 6.74. The van der Waals surface area contributed by atoms with Crippen LogP contribution in [0.1, 0.15) is 18.4 Å². The Kier molecular flexibility index (Phi) is 5.59. The Bertz CT molecular complexity index is 777. The summed E-state index contributed by atoms with van der Waals surface area (Å²) in [6.45, 7) is 1.53. The summed E-state index contributed by atoms with van der Waals surface area (Å²) in [6, 6.07) is 17.0. The Hall–Kier alpha value is -1.36. The highest BCUT2D eigenvalue weighted by Gasteiger charge is 2.26. The monoisotopic (exact) mass is 363 g/mol. The number of halogens is 1. The standard InChI is InChI=1S/C19H22ClNO2S/c20-19-11-5-4-7-16(19)15-17-8-6-12-21(17)13-14-24(22,23)18-9-2-1-3-10-18/h1-5,7,9-11,17H,6,8,12-15H2/t17-/m1/s1. The topological polar surface area (TPSA) is 37.4 Å². The van der Waals surface area contributed by atoms with Gasteiger partial charge in [0, 0.05) is 17.6 Å². The van der Waals surface area contributed by atoms with Gasteiger partial charge in [-0.3, -0.25) is 4.90 Å². The van der Waals surface area contributed by atoms with E-state index in [1.807, 2.05) is 24.3 Å². The van der Waals surface area contributed by atoms with Gasteiger partial charge < -0.3 is 0 Å². The Balaban J connectivity index is 1.63. The van der Waals surface area contributed by atoms with Gasteiger partial charge in [0.15, 0.2) is 9.84 Å². The lowest BCUT2D eigenvalue weighted by Crippen LogP contribution is -2.35. The molecular formula is C19H22ClNO2S. The second-order valence-electron chi connectivity index (χ2n) is 6.26. The van der Waals surface area contributed by atoms with E-state index < -0.39 is 9.84 Å². The fourth-order valence-corrected chi connectivity index (χ4v) is 4.82. The Labute approximate surface area is 149 Å². The predicted octanol–water partition coefficient (Wildman–Crippen LogP) is 3.82. The molecule has 3 rings (SSSR count). The molecular weight excluding hydrogens is 342 g/mol. The number of rotatable bonds is 6. The molecule has 1 aliphatic heterocycles. The molecule has 0 N–H and O–H groups in total. The van der Waals surface area contributed by atoms with Gasteiger partial charge in [-0.1, -0.05) is 48.0 Å². The number of likely N-dealkylation sites (tertiary alicyclic amines) is 1. The van der Waals surface area contributed by atoms with Crippen LogP contribution in [0.3, 0.4) is 0 Å². The summed E-state index contributed by atoms with van der Waals surface area (Å²) in [5, 5.41) is 0.793. The van der Waals surface area contributed by atoms with Crippen molar-refractivity contribution in [2.24, 2.45) is 0 Å². The van der Waals surface area contributed by atoms with E-state index in [1.165, 1.54) is 0 Å². The molecule has 0 unspecified atom stereocenters. The molecule has 5 heteroatoms. The quantitative estimate of drug-likeness (QED) is 0.782. The molecule has 1 fully saturated rings. The molecule has 128 valence electrons. The smallest absolute Gasteiger partial charge is 0.179 e. The molecule has 1 atom stereocenters. The van der Waals surface area contributed by atoms with Crippen LogP contribution < -0.4 is 0 Å². The lowest BCUT2D eigenvalue weighted by molar-refractivity contribution is 0.267. The van der Waals surface area contributed by atoms with Crippen LogP contribution in [-0.2, 0) is 16.3 Å². The number of hydrogen-bond acceptors (Lipinski definition) is 3. The van der Waals surface area contributed by atoms with E-state index in [9.17, 15) is 8.42 Å². The summed E-state index contributed by atoms with van der Waals surface area (Å²) in [5.74, 6) is 0.163. The Morgan fingerprint density at radius 3 is 2.50 bits per heavy atom. The van der Waals surface area contributed by atoms with Gasteiger partial charge in [-0.15, -0.1) is 0 Å². The fraction of sp³-hybridized carbons (Fsp3) is 0.368. The van der Waals surface area contributed by atoms with Gasteiger partial charge in [0.25, 0.3) is 0 Å². The van der Waals surface area contributed by atoms with Crippen molar-refractivity contribution in [3.8, 4) is 0 Å². The fourth-order valence-electron chi connectivity index (χ4n) is 3.32. The molecule has 0 aliphatic carbocycles. The van der Waals surface area contributed by atoms with Crippen LogP contribution in [0.2, 0.25) is 5.02 Å². The highest BCUT2D eigenvalue weighted by molar-refractivity contribution is 7.91. The normalized spacial score (nSPS) is 18.8. The zero-order chi connectivity index (χ0) is 17.0. The van der Waals surface area contributed by atoms with Crippen molar-refractivity contribution in [1.82, 2.24) is 4.90 Å². The lowest BCUT2D eigenvalue weighted by Gasteiger charge is -2.24. The Morgan fingerprint density at radius 1 is 1.04 bits per heavy atom. The first kappa shape index (κ1) is 17.5.